The van der Waals surface area contributed by atoms with Crippen LogP contribution in [0, 0.1) is 11.3 Å². The molecule has 0 atom stereocenters. The zero-order valence-corrected chi connectivity index (χ0v) is 20.7. The van der Waals surface area contributed by atoms with Crippen molar-refractivity contribution >= 4 is 58.8 Å². The maximum Gasteiger partial charge on any atom is 0.412 e. The molecule has 8 nitrogen and oxygen atoms in total. The minimum atomic E-state index is -0.642. The molecule has 0 aliphatic carbocycles. The van der Waals surface area contributed by atoms with Crippen molar-refractivity contribution in [1.29, 1.82) is 5.26 Å². The first-order chi connectivity index (χ1) is 14.0. The second-order valence-corrected chi connectivity index (χ2v) is 8.74. The highest BCUT2D eigenvalue weighted by Crippen LogP contribution is 2.36. The zero-order valence-electron chi connectivity index (χ0n) is 17.8. The van der Waals surface area contributed by atoms with Gasteiger partial charge in [0, 0.05) is 35.7 Å². The summed E-state index contributed by atoms with van der Waals surface area (Å²) >= 11 is 2.04. The molecule has 2 rings (SSSR count). The second-order valence-electron chi connectivity index (χ2n) is 7.05. The smallest absolute Gasteiger partial charge is 0.412 e. The van der Waals surface area contributed by atoms with Crippen LogP contribution in [-0.2, 0) is 4.74 Å². The van der Waals surface area contributed by atoms with Gasteiger partial charge in [-0.15, -0.1) is 0 Å². The lowest BCUT2D eigenvalue weighted by atomic mass is 10.1. The number of hydrogen-bond acceptors (Lipinski definition) is 7. The van der Waals surface area contributed by atoms with Crippen LogP contribution in [0.2, 0.25) is 0 Å². The van der Waals surface area contributed by atoms with Gasteiger partial charge in [0.25, 0.3) is 0 Å². The Bertz CT molecular complexity index is 989. The van der Waals surface area contributed by atoms with Gasteiger partial charge >= 0.3 is 6.09 Å². The number of ether oxygens (including phenoxy) is 2. The zero-order chi connectivity index (χ0) is 23.1. The molecule has 1 heterocycles. The number of ketones is 1. The summed E-state index contributed by atoms with van der Waals surface area (Å²) in [7, 11) is 6.50. The van der Waals surface area contributed by atoms with Crippen LogP contribution in [0.25, 0.3) is 10.9 Å². The highest BCUT2D eigenvalue weighted by atomic mass is 127. The van der Waals surface area contributed by atoms with Gasteiger partial charge in [0.1, 0.15) is 23.1 Å². The first kappa shape index (κ1) is 25.8. The van der Waals surface area contributed by atoms with E-state index in [0.717, 1.165) is 5.39 Å². The molecule has 0 bridgehead atoms. The number of benzene rings is 1. The summed E-state index contributed by atoms with van der Waals surface area (Å²) in [6.07, 6.45) is -0.616. The highest BCUT2D eigenvalue weighted by Gasteiger charge is 2.22. The van der Waals surface area contributed by atoms with Crippen molar-refractivity contribution in [3.63, 3.8) is 0 Å². The van der Waals surface area contributed by atoms with Crippen molar-refractivity contribution in [2.24, 2.45) is 0 Å². The molecular formula is C20H25IN4O4S. The van der Waals surface area contributed by atoms with E-state index in [2.05, 4.69) is 17.2 Å². The molecule has 0 fully saturated rings. The summed E-state index contributed by atoms with van der Waals surface area (Å²) in [5.74, 6) is -0.0411. The van der Waals surface area contributed by atoms with Gasteiger partial charge < -0.3 is 14.8 Å². The number of aromatic nitrogens is 1. The average Bonchev–Trinajstić information content (AvgIpc) is 3.02. The molecule has 0 saturated heterocycles. The van der Waals surface area contributed by atoms with Crippen molar-refractivity contribution in [3.8, 4) is 11.8 Å². The number of halogens is 1. The van der Waals surface area contributed by atoms with Gasteiger partial charge in [-0.3, -0.25) is 14.1 Å². The summed E-state index contributed by atoms with van der Waals surface area (Å²) in [6.45, 7) is 8.79. The van der Waals surface area contributed by atoms with E-state index in [1.165, 1.54) is 16.2 Å². The maximum absolute atomic E-state index is 12.4. The number of methoxy groups -OCH3 is 1. The molecule has 30 heavy (non-hydrogen) atoms. The van der Waals surface area contributed by atoms with Crippen LogP contribution < -0.4 is 15.4 Å². The molecule has 1 aromatic carbocycles. The monoisotopic (exact) mass is 544 g/mol. The predicted molar refractivity (Wildman–Crippen MR) is 129 cm³/mol. The van der Waals surface area contributed by atoms with E-state index in [9.17, 15) is 9.59 Å². The van der Waals surface area contributed by atoms with E-state index in [1.807, 2.05) is 35.3 Å². The Kier molecular flexibility index (Phi) is 9.67. The van der Waals surface area contributed by atoms with Crippen molar-refractivity contribution in [2.45, 2.75) is 26.4 Å². The van der Waals surface area contributed by atoms with Gasteiger partial charge in [0.05, 0.1) is 23.9 Å². The Morgan fingerprint density at radius 1 is 1.27 bits per heavy atom. The number of anilines is 1. The third-order valence-electron chi connectivity index (χ3n) is 3.42. The Hall–Kier alpha value is -2.23. The molecule has 10 heteroatoms. The number of nitriles is 1. The lowest BCUT2D eigenvalue weighted by molar-refractivity contribution is 0.0635. The van der Waals surface area contributed by atoms with Gasteiger partial charge in [-0.05, 0) is 53.1 Å². The molecule has 0 saturated carbocycles. The van der Waals surface area contributed by atoms with E-state index in [0.29, 0.717) is 22.6 Å². The molecule has 0 spiro atoms. The molecule has 0 aliphatic rings. The minimum Gasteiger partial charge on any atom is -0.495 e. The molecule has 1 amide bonds. The Morgan fingerprint density at radius 2 is 1.87 bits per heavy atom. The molecule has 0 radical (unpaired) electrons. The summed E-state index contributed by atoms with van der Waals surface area (Å²) < 4.78 is 12.3. The molecule has 162 valence electrons. The second kappa shape index (κ2) is 11.2. The van der Waals surface area contributed by atoms with Crippen LogP contribution in [0.5, 0.6) is 5.75 Å². The van der Waals surface area contributed by atoms with Gasteiger partial charge in [-0.2, -0.15) is 5.26 Å². The van der Waals surface area contributed by atoms with Crippen molar-refractivity contribution in [1.82, 2.24) is 9.29 Å². The molecule has 1 aromatic heterocycles. The maximum atomic E-state index is 12.4. The predicted octanol–water partition coefficient (Wildman–Crippen LogP) is 4.94. The summed E-state index contributed by atoms with van der Waals surface area (Å²) in [4.78, 5) is 24.5. The number of Topliss-reactive ketones (excluding diaryl/α,β-unsaturated/α-hetero) is 1. The van der Waals surface area contributed by atoms with E-state index in [-0.39, 0.29) is 5.57 Å². The lowest BCUT2D eigenvalue weighted by Gasteiger charge is -2.20. The number of nitrogens with one attached hydrogen (secondary N) is 2. The first-order valence-corrected chi connectivity index (χ1v) is 12.1. The van der Waals surface area contributed by atoms with Crippen molar-refractivity contribution in [3.05, 3.63) is 36.0 Å². The van der Waals surface area contributed by atoms with Crippen LogP contribution in [0.1, 0.15) is 31.3 Å². The molecule has 2 N–H and O–H groups in total. The van der Waals surface area contributed by atoms with Gasteiger partial charge in [0.15, 0.2) is 0 Å². The minimum absolute atomic E-state index is 0.149. The van der Waals surface area contributed by atoms with Gasteiger partial charge in [-0.25, -0.2) is 4.79 Å². The standard InChI is InChI=1S/C18H18IN3O4S.C2H7N/c1-10(9-20)16(23)14-6-11-7-15(25-5)12(8-13(11)22(14)27-19)21-17(24)26-18(2,3)4;1-3-2/h6-8H,1H2,2-5H3,(H,21,24);3H,1-2H3. The van der Waals surface area contributed by atoms with Gasteiger partial charge in [-0.1, -0.05) is 6.58 Å². The summed E-state index contributed by atoms with van der Waals surface area (Å²) in [6, 6.07) is 6.83. The lowest BCUT2D eigenvalue weighted by Crippen LogP contribution is -2.27. The van der Waals surface area contributed by atoms with E-state index < -0.39 is 17.5 Å². The summed E-state index contributed by atoms with van der Waals surface area (Å²) in [5, 5.41) is 15.1. The molecule has 0 unspecified atom stereocenters. The Morgan fingerprint density at radius 3 is 2.33 bits per heavy atom. The Labute approximate surface area is 192 Å². The number of amides is 1. The number of fused-ring (bicyclic) bond motifs is 1. The average molecular weight is 544 g/mol. The third kappa shape index (κ3) is 6.65. The fraction of sp³-hybridized carbons (Fsp3) is 0.350. The molecule has 2 aromatic rings. The number of carbonyl (C=O) groups excluding carboxylic acids is 2. The van der Waals surface area contributed by atoms with Crippen molar-refractivity contribution < 1.29 is 19.1 Å². The van der Waals surface area contributed by atoms with Crippen molar-refractivity contribution in [2.75, 3.05) is 26.5 Å². The SMILES string of the molecule is C=C(C#N)C(=O)c1cc2cc(OC)c(NC(=O)OC(C)(C)C)cc2n1SI.CNC. The molecular weight excluding hydrogens is 519 g/mol. The normalized spacial score (nSPS) is 10.5. The quantitative estimate of drug-likeness (QED) is 0.238. The fourth-order valence-electron chi connectivity index (χ4n) is 2.33. The van der Waals surface area contributed by atoms with E-state index >= 15 is 0 Å². The van der Waals surface area contributed by atoms with Crippen LogP contribution in [-0.4, -0.2) is 42.7 Å². The summed E-state index contributed by atoms with van der Waals surface area (Å²) in [5.41, 5.74) is 0.602. The number of allylic oxidation sites excluding steroid dienone is 1. The number of carbonyl (C=O) groups is 2. The van der Waals surface area contributed by atoms with E-state index in [1.54, 1.807) is 49.0 Å². The highest BCUT2D eigenvalue weighted by molar-refractivity contribution is 14.2. The number of rotatable bonds is 5. The fourth-order valence-corrected chi connectivity index (χ4v) is 4.04. The number of hydrogen-bond donors (Lipinski definition) is 2. The van der Waals surface area contributed by atoms with Crippen LogP contribution in [0.3, 0.4) is 0 Å². The van der Waals surface area contributed by atoms with E-state index in [4.69, 9.17) is 14.7 Å². The van der Waals surface area contributed by atoms with Crippen LogP contribution in [0.4, 0.5) is 10.5 Å². The first-order valence-electron chi connectivity index (χ1n) is 8.77. The number of nitrogens with zero attached hydrogens (tertiary/aromatic N) is 2. The molecule has 0 aliphatic heterocycles. The van der Waals surface area contributed by atoms with Crippen LogP contribution in [0.15, 0.2) is 30.4 Å². The third-order valence-corrected chi connectivity index (χ3v) is 5.14. The topological polar surface area (TPSA) is 105 Å². The Balaban J connectivity index is 0.00000141. The largest absolute Gasteiger partial charge is 0.495 e. The van der Waals surface area contributed by atoms with Gasteiger partial charge in [0.2, 0.25) is 5.78 Å². The van der Waals surface area contributed by atoms with Crippen LogP contribution >= 0.6 is 30.3 Å².